The monoisotopic (exact) mass is 225 g/mol. The van der Waals surface area contributed by atoms with Crippen LogP contribution in [-0.2, 0) is 10.0 Å². The number of alkyl halides is 2. The quantitative estimate of drug-likeness (QED) is 0.771. The van der Waals surface area contributed by atoms with Crippen molar-refractivity contribution in [2.24, 2.45) is 0 Å². The van der Waals surface area contributed by atoms with E-state index in [0.717, 1.165) is 6.20 Å². The SMILES string of the molecule is Cc1[nH]ncc1S(=O)(=O)NCC(F)F. The second-order valence-corrected chi connectivity index (χ2v) is 4.34. The standard InChI is InChI=1S/C6H9F2N3O2S/c1-4-5(2-9-11-4)14(12,13)10-3-6(7)8/h2,6,10H,3H2,1H3,(H,9,11). The summed E-state index contributed by atoms with van der Waals surface area (Å²) in [5, 5.41) is 5.89. The van der Waals surface area contributed by atoms with E-state index >= 15 is 0 Å². The van der Waals surface area contributed by atoms with Gasteiger partial charge in [-0.1, -0.05) is 0 Å². The van der Waals surface area contributed by atoms with Crippen LogP contribution in [0.15, 0.2) is 11.1 Å². The summed E-state index contributed by atoms with van der Waals surface area (Å²) in [7, 11) is -3.87. The second-order valence-electron chi connectivity index (χ2n) is 2.60. The highest BCUT2D eigenvalue weighted by Gasteiger charge is 2.19. The van der Waals surface area contributed by atoms with Gasteiger partial charge in [0.05, 0.1) is 18.4 Å². The molecule has 0 atom stereocenters. The molecule has 0 saturated heterocycles. The van der Waals surface area contributed by atoms with Gasteiger partial charge in [-0.05, 0) is 6.92 Å². The Kier molecular flexibility index (Phi) is 3.17. The van der Waals surface area contributed by atoms with Crippen LogP contribution >= 0.6 is 0 Å². The fourth-order valence-electron chi connectivity index (χ4n) is 0.861. The maximum Gasteiger partial charge on any atom is 0.251 e. The number of nitrogens with zero attached hydrogens (tertiary/aromatic N) is 1. The number of H-pyrrole nitrogens is 1. The van der Waals surface area contributed by atoms with Crippen LogP contribution in [0.25, 0.3) is 0 Å². The van der Waals surface area contributed by atoms with Gasteiger partial charge in [0.2, 0.25) is 10.0 Å². The van der Waals surface area contributed by atoms with Gasteiger partial charge in [-0.2, -0.15) is 5.10 Å². The van der Waals surface area contributed by atoms with E-state index in [2.05, 4.69) is 10.2 Å². The zero-order valence-electron chi connectivity index (χ0n) is 7.29. The average Bonchev–Trinajstić information content (AvgIpc) is 2.48. The second kappa shape index (κ2) is 4.01. The molecule has 0 aliphatic rings. The van der Waals surface area contributed by atoms with Crippen LogP contribution < -0.4 is 4.72 Å². The van der Waals surface area contributed by atoms with Crippen LogP contribution in [-0.4, -0.2) is 31.6 Å². The molecule has 0 saturated carbocycles. The largest absolute Gasteiger partial charge is 0.281 e. The van der Waals surface area contributed by atoms with E-state index in [9.17, 15) is 17.2 Å². The normalized spacial score (nSPS) is 12.3. The van der Waals surface area contributed by atoms with E-state index in [1.54, 1.807) is 4.72 Å². The minimum absolute atomic E-state index is 0.113. The Morgan fingerprint density at radius 3 is 2.71 bits per heavy atom. The fraction of sp³-hybridized carbons (Fsp3) is 0.500. The minimum atomic E-state index is -3.87. The Hall–Kier alpha value is -1.02. The summed E-state index contributed by atoms with van der Waals surface area (Å²) in [5.74, 6) is 0. The summed E-state index contributed by atoms with van der Waals surface area (Å²) in [5.41, 5.74) is 0.312. The van der Waals surface area contributed by atoms with E-state index in [0.29, 0.717) is 5.69 Å². The Balaban J connectivity index is 2.82. The van der Waals surface area contributed by atoms with Crippen molar-refractivity contribution >= 4 is 10.0 Å². The molecule has 80 valence electrons. The molecule has 0 spiro atoms. The average molecular weight is 225 g/mol. The lowest BCUT2D eigenvalue weighted by Crippen LogP contribution is -2.28. The maximum absolute atomic E-state index is 11.8. The zero-order chi connectivity index (χ0) is 10.8. The first-order valence-corrected chi connectivity index (χ1v) is 5.19. The fourth-order valence-corrected chi connectivity index (χ4v) is 2.00. The molecule has 1 rings (SSSR count). The van der Waals surface area contributed by atoms with Gasteiger partial charge in [0, 0.05) is 0 Å². The predicted octanol–water partition coefficient (Wildman–Crippen LogP) is 0.262. The summed E-state index contributed by atoms with van der Waals surface area (Å²) in [6.45, 7) is 0.594. The Morgan fingerprint density at radius 2 is 2.29 bits per heavy atom. The van der Waals surface area contributed by atoms with Crippen LogP contribution in [0, 0.1) is 6.92 Å². The molecule has 1 aromatic heterocycles. The van der Waals surface area contributed by atoms with Crippen LogP contribution in [0.2, 0.25) is 0 Å². The third-order valence-corrected chi connectivity index (χ3v) is 3.04. The molecule has 0 aromatic carbocycles. The molecule has 0 radical (unpaired) electrons. The van der Waals surface area contributed by atoms with Crippen molar-refractivity contribution in [2.75, 3.05) is 6.54 Å². The smallest absolute Gasteiger partial charge is 0.251 e. The molecule has 0 aliphatic heterocycles. The van der Waals surface area contributed by atoms with Crippen LogP contribution in [0.5, 0.6) is 0 Å². The van der Waals surface area contributed by atoms with Crippen molar-refractivity contribution in [3.63, 3.8) is 0 Å². The van der Waals surface area contributed by atoms with Crippen molar-refractivity contribution in [1.82, 2.24) is 14.9 Å². The number of rotatable bonds is 4. The summed E-state index contributed by atoms with van der Waals surface area (Å²) in [6.07, 6.45) is -1.64. The molecule has 0 bridgehead atoms. The van der Waals surface area contributed by atoms with Crippen LogP contribution in [0.1, 0.15) is 5.69 Å². The summed E-state index contributed by atoms with van der Waals surface area (Å²) >= 11 is 0. The van der Waals surface area contributed by atoms with Gasteiger partial charge in [0.15, 0.2) is 0 Å². The molecule has 1 heterocycles. The maximum atomic E-state index is 11.8. The molecule has 5 nitrogen and oxygen atoms in total. The van der Waals surface area contributed by atoms with Gasteiger partial charge in [-0.15, -0.1) is 0 Å². The van der Waals surface area contributed by atoms with Crippen molar-refractivity contribution in [2.45, 2.75) is 18.2 Å². The Bertz CT molecular complexity index is 401. The number of nitrogens with one attached hydrogen (secondary N) is 2. The highest BCUT2D eigenvalue weighted by atomic mass is 32.2. The molecular formula is C6H9F2N3O2S. The molecule has 0 amide bonds. The third-order valence-electron chi connectivity index (χ3n) is 1.50. The highest BCUT2D eigenvalue weighted by molar-refractivity contribution is 7.89. The minimum Gasteiger partial charge on any atom is -0.281 e. The van der Waals surface area contributed by atoms with E-state index in [1.165, 1.54) is 6.92 Å². The van der Waals surface area contributed by atoms with Gasteiger partial charge in [0.25, 0.3) is 6.43 Å². The molecule has 0 aliphatic carbocycles. The lowest BCUT2D eigenvalue weighted by atomic mass is 10.5. The van der Waals surface area contributed by atoms with Crippen molar-refractivity contribution in [3.8, 4) is 0 Å². The number of aromatic nitrogens is 2. The van der Waals surface area contributed by atoms with Crippen molar-refractivity contribution in [1.29, 1.82) is 0 Å². The molecule has 8 heteroatoms. The van der Waals surface area contributed by atoms with Gasteiger partial charge < -0.3 is 0 Å². The summed E-state index contributed by atoms with van der Waals surface area (Å²) in [4.78, 5) is -0.113. The van der Waals surface area contributed by atoms with E-state index in [-0.39, 0.29) is 4.90 Å². The molecule has 14 heavy (non-hydrogen) atoms. The topological polar surface area (TPSA) is 74.8 Å². The summed E-state index contributed by atoms with van der Waals surface area (Å²) < 4.78 is 47.9. The lowest BCUT2D eigenvalue weighted by Gasteiger charge is -2.04. The van der Waals surface area contributed by atoms with Crippen LogP contribution in [0.3, 0.4) is 0 Å². The first kappa shape index (κ1) is 11.1. The van der Waals surface area contributed by atoms with Gasteiger partial charge in [0.1, 0.15) is 4.90 Å². The number of aryl methyl sites for hydroxylation is 1. The van der Waals surface area contributed by atoms with Gasteiger partial charge >= 0.3 is 0 Å². The van der Waals surface area contributed by atoms with Crippen LogP contribution in [0.4, 0.5) is 8.78 Å². The van der Waals surface area contributed by atoms with Crippen molar-refractivity contribution < 1.29 is 17.2 Å². The first-order chi connectivity index (χ1) is 6.43. The number of hydrogen-bond acceptors (Lipinski definition) is 3. The Labute approximate surface area is 79.6 Å². The molecular weight excluding hydrogens is 216 g/mol. The number of sulfonamides is 1. The first-order valence-electron chi connectivity index (χ1n) is 3.71. The van der Waals surface area contributed by atoms with E-state index < -0.39 is 23.0 Å². The number of hydrogen-bond donors (Lipinski definition) is 2. The van der Waals surface area contributed by atoms with E-state index in [4.69, 9.17) is 0 Å². The number of aromatic amines is 1. The predicted molar refractivity (Wildman–Crippen MR) is 44.5 cm³/mol. The molecule has 0 unspecified atom stereocenters. The molecule has 0 fully saturated rings. The van der Waals surface area contributed by atoms with Crippen molar-refractivity contribution in [3.05, 3.63) is 11.9 Å². The van der Waals surface area contributed by atoms with Gasteiger partial charge in [-0.3, -0.25) is 5.10 Å². The zero-order valence-corrected chi connectivity index (χ0v) is 8.11. The summed E-state index contributed by atoms with van der Waals surface area (Å²) in [6, 6.07) is 0. The number of halogens is 2. The highest BCUT2D eigenvalue weighted by Crippen LogP contribution is 2.10. The molecule has 1 aromatic rings. The Morgan fingerprint density at radius 1 is 1.64 bits per heavy atom. The third kappa shape index (κ3) is 2.48. The van der Waals surface area contributed by atoms with E-state index in [1.807, 2.05) is 0 Å². The lowest BCUT2D eigenvalue weighted by molar-refractivity contribution is 0.153. The van der Waals surface area contributed by atoms with Gasteiger partial charge in [-0.25, -0.2) is 21.9 Å². The molecule has 2 N–H and O–H groups in total.